The van der Waals surface area contributed by atoms with Crippen LogP contribution in [0.4, 0.5) is 5.95 Å². The van der Waals surface area contributed by atoms with Crippen LogP contribution in [-0.2, 0) is 6.54 Å². The van der Waals surface area contributed by atoms with Crippen LogP contribution >= 0.6 is 15.9 Å². The van der Waals surface area contributed by atoms with E-state index in [2.05, 4.69) is 41.4 Å². The first-order valence-corrected chi connectivity index (χ1v) is 8.87. The Labute approximate surface area is 163 Å². The fraction of sp³-hybridized carbons (Fsp3) is 0.0556. The van der Waals surface area contributed by atoms with Crippen LogP contribution in [0, 0.1) is 0 Å². The molecule has 0 aliphatic rings. The van der Waals surface area contributed by atoms with Crippen LogP contribution in [0.5, 0.6) is 0 Å². The highest BCUT2D eigenvalue weighted by molar-refractivity contribution is 9.10. The average Bonchev–Trinajstić information content (AvgIpc) is 3.34. The Kier molecular flexibility index (Phi) is 4.75. The summed E-state index contributed by atoms with van der Waals surface area (Å²) in [6.07, 6.45) is 4.64. The van der Waals surface area contributed by atoms with Crippen LogP contribution in [0.25, 0.3) is 5.69 Å². The lowest BCUT2D eigenvalue weighted by Gasteiger charge is -2.04. The summed E-state index contributed by atoms with van der Waals surface area (Å²) in [7, 11) is 0. The van der Waals surface area contributed by atoms with E-state index in [0.717, 1.165) is 15.7 Å². The second-order valence-corrected chi connectivity index (χ2v) is 6.65. The number of halogens is 1. The predicted octanol–water partition coefficient (Wildman–Crippen LogP) is 2.92. The summed E-state index contributed by atoms with van der Waals surface area (Å²) in [4.78, 5) is 20.4. The van der Waals surface area contributed by atoms with Crippen LogP contribution in [0.3, 0.4) is 0 Å². The van der Waals surface area contributed by atoms with Gasteiger partial charge in [-0.1, -0.05) is 28.1 Å². The second kappa shape index (κ2) is 7.50. The van der Waals surface area contributed by atoms with Gasteiger partial charge in [0.2, 0.25) is 5.95 Å². The first-order valence-electron chi connectivity index (χ1n) is 8.08. The fourth-order valence-corrected chi connectivity index (χ4v) is 2.98. The Morgan fingerprint density at radius 3 is 2.70 bits per heavy atom. The van der Waals surface area contributed by atoms with Crippen molar-refractivity contribution >= 4 is 27.8 Å². The van der Waals surface area contributed by atoms with Gasteiger partial charge in [-0.15, -0.1) is 5.10 Å². The number of carbonyl (C=O) groups is 1. The van der Waals surface area contributed by atoms with Gasteiger partial charge in [0.1, 0.15) is 19.0 Å². The van der Waals surface area contributed by atoms with Gasteiger partial charge in [0, 0.05) is 10.0 Å². The van der Waals surface area contributed by atoms with Gasteiger partial charge in [0.15, 0.2) is 0 Å². The highest BCUT2D eigenvalue weighted by Crippen LogP contribution is 2.13. The summed E-state index contributed by atoms with van der Waals surface area (Å²) in [5, 5.41) is 11.0. The Morgan fingerprint density at radius 1 is 1.11 bits per heavy atom. The summed E-state index contributed by atoms with van der Waals surface area (Å²) in [5.41, 5.74) is 2.40. The molecule has 134 valence electrons. The van der Waals surface area contributed by atoms with Crippen molar-refractivity contribution in [3.05, 3.63) is 83.1 Å². The van der Waals surface area contributed by atoms with E-state index in [-0.39, 0.29) is 11.9 Å². The molecule has 2 aromatic carbocycles. The van der Waals surface area contributed by atoms with Gasteiger partial charge < -0.3 is 0 Å². The zero-order valence-electron chi connectivity index (χ0n) is 14.0. The van der Waals surface area contributed by atoms with Gasteiger partial charge in [-0.2, -0.15) is 5.10 Å². The number of benzene rings is 2. The fourth-order valence-electron chi connectivity index (χ4n) is 2.53. The van der Waals surface area contributed by atoms with Gasteiger partial charge in [-0.05, 0) is 42.0 Å². The topological polar surface area (TPSA) is 90.5 Å². The SMILES string of the molecule is O=C(Nc1ncn(Cc2cccc(Br)c2)n1)c1ccc(-n2cncn2)cc1. The highest BCUT2D eigenvalue weighted by atomic mass is 79.9. The van der Waals surface area contributed by atoms with Crippen molar-refractivity contribution in [1.82, 2.24) is 29.5 Å². The van der Waals surface area contributed by atoms with Crippen LogP contribution < -0.4 is 5.32 Å². The minimum Gasteiger partial charge on any atom is -0.289 e. The molecule has 4 aromatic rings. The lowest BCUT2D eigenvalue weighted by Crippen LogP contribution is -2.13. The Hall–Kier alpha value is -3.33. The van der Waals surface area contributed by atoms with Crippen molar-refractivity contribution in [2.24, 2.45) is 0 Å². The van der Waals surface area contributed by atoms with Crippen molar-refractivity contribution in [2.75, 3.05) is 5.32 Å². The quantitative estimate of drug-likeness (QED) is 0.532. The van der Waals surface area contributed by atoms with Crippen molar-refractivity contribution in [3.63, 3.8) is 0 Å². The van der Waals surface area contributed by atoms with Crippen molar-refractivity contribution in [3.8, 4) is 5.69 Å². The first kappa shape index (κ1) is 17.1. The third-order valence-electron chi connectivity index (χ3n) is 3.81. The molecule has 0 fully saturated rings. The monoisotopic (exact) mass is 423 g/mol. The molecule has 0 atom stereocenters. The maximum atomic E-state index is 12.4. The van der Waals surface area contributed by atoms with Gasteiger partial charge in [0.25, 0.3) is 5.91 Å². The van der Waals surface area contributed by atoms with Crippen molar-refractivity contribution in [1.29, 1.82) is 0 Å². The number of aromatic nitrogens is 6. The normalized spacial score (nSPS) is 10.7. The number of nitrogens with one attached hydrogen (secondary N) is 1. The van der Waals surface area contributed by atoms with Gasteiger partial charge in [-0.3, -0.25) is 10.1 Å². The third kappa shape index (κ3) is 4.09. The third-order valence-corrected chi connectivity index (χ3v) is 4.30. The molecule has 0 radical (unpaired) electrons. The molecule has 0 bridgehead atoms. The molecule has 8 nitrogen and oxygen atoms in total. The molecule has 27 heavy (non-hydrogen) atoms. The summed E-state index contributed by atoms with van der Waals surface area (Å²) >= 11 is 3.45. The lowest BCUT2D eigenvalue weighted by molar-refractivity contribution is 0.102. The number of rotatable bonds is 5. The van der Waals surface area contributed by atoms with Gasteiger partial charge in [0.05, 0.1) is 12.2 Å². The first-order chi connectivity index (χ1) is 13.2. The molecule has 0 saturated heterocycles. The molecule has 0 spiro atoms. The van der Waals surface area contributed by atoms with Crippen molar-refractivity contribution < 1.29 is 4.79 Å². The smallest absolute Gasteiger partial charge is 0.258 e. The molecule has 0 aliphatic heterocycles. The molecule has 0 unspecified atom stereocenters. The molecule has 1 N–H and O–H groups in total. The van der Waals surface area contributed by atoms with E-state index < -0.39 is 0 Å². The van der Waals surface area contributed by atoms with E-state index in [0.29, 0.717) is 12.1 Å². The van der Waals surface area contributed by atoms with E-state index >= 15 is 0 Å². The van der Waals surface area contributed by atoms with Gasteiger partial charge in [-0.25, -0.2) is 19.3 Å². The molecular weight excluding hydrogens is 410 g/mol. The predicted molar refractivity (Wildman–Crippen MR) is 103 cm³/mol. The van der Waals surface area contributed by atoms with E-state index in [4.69, 9.17) is 0 Å². The van der Waals surface area contributed by atoms with Crippen LogP contribution in [0.1, 0.15) is 15.9 Å². The number of amides is 1. The zero-order valence-corrected chi connectivity index (χ0v) is 15.6. The molecule has 2 heterocycles. The summed E-state index contributed by atoms with van der Waals surface area (Å²) in [5.74, 6) is -0.0179. The highest BCUT2D eigenvalue weighted by Gasteiger charge is 2.10. The minimum atomic E-state index is -0.277. The van der Waals surface area contributed by atoms with E-state index in [1.807, 2.05) is 24.3 Å². The number of nitrogens with zero attached hydrogens (tertiary/aromatic N) is 6. The van der Waals surface area contributed by atoms with E-state index in [1.165, 1.54) is 6.33 Å². The molecular formula is C18H14BrN7O. The van der Waals surface area contributed by atoms with Crippen molar-refractivity contribution in [2.45, 2.75) is 6.54 Å². The lowest BCUT2D eigenvalue weighted by atomic mass is 10.2. The van der Waals surface area contributed by atoms with Crippen LogP contribution in [0.2, 0.25) is 0 Å². The molecule has 4 rings (SSSR count). The van der Waals surface area contributed by atoms with Gasteiger partial charge >= 0.3 is 0 Å². The molecule has 0 aliphatic carbocycles. The zero-order chi connectivity index (χ0) is 18.6. The Morgan fingerprint density at radius 2 is 1.96 bits per heavy atom. The van der Waals surface area contributed by atoms with E-state index in [1.54, 1.807) is 46.3 Å². The molecule has 9 heteroatoms. The second-order valence-electron chi connectivity index (χ2n) is 5.74. The summed E-state index contributed by atoms with van der Waals surface area (Å²) in [6.45, 7) is 0.564. The van der Waals surface area contributed by atoms with Crippen LogP contribution in [0.15, 0.2) is 72.0 Å². The van der Waals surface area contributed by atoms with Crippen LogP contribution in [-0.4, -0.2) is 35.4 Å². The number of anilines is 1. The molecule has 1 amide bonds. The summed E-state index contributed by atoms with van der Waals surface area (Å²) in [6, 6.07) is 15.0. The maximum Gasteiger partial charge on any atom is 0.258 e. The molecule has 2 aromatic heterocycles. The maximum absolute atomic E-state index is 12.4. The largest absolute Gasteiger partial charge is 0.289 e. The van der Waals surface area contributed by atoms with E-state index in [9.17, 15) is 4.79 Å². The molecule has 0 saturated carbocycles. The standard InChI is InChI=1S/C18H14BrN7O/c19-15-3-1-2-13(8-15)9-25-12-21-18(24-25)23-17(27)14-4-6-16(7-5-14)26-11-20-10-22-26/h1-8,10-12H,9H2,(H,23,24,27). The Balaban J connectivity index is 1.42. The Bertz CT molecular complexity index is 1060. The number of carbonyl (C=O) groups excluding carboxylic acids is 1. The number of hydrogen-bond acceptors (Lipinski definition) is 5. The number of hydrogen-bond donors (Lipinski definition) is 1. The minimum absolute atomic E-state index is 0.260. The summed E-state index contributed by atoms with van der Waals surface area (Å²) < 4.78 is 4.29. The average molecular weight is 424 g/mol.